The zero-order valence-corrected chi connectivity index (χ0v) is 13.7. The largest absolute Gasteiger partial charge is 0.323 e. The van der Waals surface area contributed by atoms with Crippen molar-refractivity contribution in [2.24, 2.45) is 13.0 Å². The second kappa shape index (κ2) is 5.78. The molecule has 0 bridgehead atoms. The average molecular weight is 324 g/mol. The minimum absolute atomic E-state index is 0.0132. The molecule has 1 aliphatic heterocycles. The highest BCUT2D eigenvalue weighted by Gasteiger charge is 2.35. The number of hydrogen-bond donors (Lipinski definition) is 1. The SMILES string of the molecule is Cn1cc(NC(=O)[C@@H]2CC(=O)N(c3ccc4c(c3)CCC4)C2)cn1. The van der Waals surface area contributed by atoms with E-state index >= 15 is 0 Å². The molecule has 1 atom stereocenters. The average Bonchev–Trinajstić information content (AvgIpc) is 3.26. The summed E-state index contributed by atoms with van der Waals surface area (Å²) in [5.74, 6) is -0.440. The van der Waals surface area contributed by atoms with Crippen molar-refractivity contribution in [2.45, 2.75) is 25.7 Å². The highest BCUT2D eigenvalue weighted by atomic mass is 16.2. The van der Waals surface area contributed by atoms with E-state index in [0.29, 0.717) is 12.2 Å². The number of aryl methyl sites for hydroxylation is 3. The first-order chi connectivity index (χ1) is 11.6. The van der Waals surface area contributed by atoms with E-state index in [0.717, 1.165) is 18.5 Å². The van der Waals surface area contributed by atoms with Crippen molar-refractivity contribution < 1.29 is 9.59 Å². The standard InChI is InChI=1S/C18H20N4O2/c1-21-11-15(9-19-21)20-18(24)14-8-17(23)22(10-14)16-6-5-12-3-2-4-13(12)7-16/h5-7,9,11,14H,2-4,8,10H2,1H3,(H,20,24)/t14-/m1/s1. The highest BCUT2D eigenvalue weighted by molar-refractivity contribution is 6.03. The molecule has 4 rings (SSSR count). The Morgan fingerprint density at radius 2 is 2.12 bits per heavy atom. The molecule has 6 nitrogen and oxygen atoms in total. The van der Waals surface area contributed by atoms with Gasteiger partial charge in [0.05, 0.1) is 17.8 Å². The smallest absolute Gasteiger partial charge is 0.229 e. The summed E-state index contributed by atoms with van der Waals surface area (Å²) >= 11 is 0. The van der Waals surface area contributed by atoms with Crippen LogP contribution in [0.15, 0.2) is 30.6 Å². The molecule has 1 fully saturated rings. The summed E-state index contributed by atoms with van der Waals surface area (Å²) in [7, 11) is 1.80. The molecule has 1 aliphatic carbocycles. The number of carbonyl (C=O) groups is 2. The molecule has 124 valence electrons. The van der Waals surface area contributed by atoms with Crippen LogP contribution in [-0.2, 0) is 29.5 Å². The third-order valence-corrected chi connectivity index (χ3v) is 4.86. The molecular formula is C18H20N4O2. The van der Waals surface area contributed by atoms with Gasteiger partial charge in [-0.15, -0.1) is 0 Å². The third-order valence-electron chi connectivity index (χ3n) is 4.86. The lowest BCUT2D eigenvalue weighted by molar-refractivity contribution is -0.122. The molecule has 0 unspecified atom stereocenters. The Morgan fingerprint density at radius 3 is 2.92 bits per heavy atom. The number of aromatic nitrogens is 2. The first-order valence-corrected chi connectivity index (χ1v) is 8.32. The second-order valence-corrected chi connectivity index (χ2v) is 6.60. The van der Waals surface area contributed by atoms with Crippen LogP contribution in [0.25, 0.3) is 0 Å². The molecular weight excluding hydrogens is 304 g/mol. The van der Waals surface area contributed by atoms with Crippen LogP contribution in [0.5, 0.6) is 0 Å². The number of rotatable bonds is 3. The molecule has 2 aliphatic rings. The van der Waals surface area contributed by atoms with Crippen LogP contribution < -0.4 is 10.2 Å². The summed E-state index contributed by atoms with van der Waals surface area (Å²) in [6.45, 7) is 0.434. The lowest BCUT2D eigenvalue weighted by Crippen LogP contribution is -2.28. The summed E-state index contributed by atoms with van der Waals surface area (Å²) in [4.78, 5) is 26.5. The van der Waals surface area contributed by atoms with Crippen molar-refractivity contribution in [3.8, 4) is 0 Å². The van der Waals surface area contributed by atoms with Gasteiger partial charge in [-0.05, 0) is 42.5 Å². The van der Waals surface area contributed by atoms with E-state index in [1.165, 1.54) is 17.5 Å². The van der Waals surface area contributed by atoms with Gasteiger partial charge in [0, 0.05) is 31.9 Å². The molecule has 2 heterocycles. The van der Waals surface area contributed by atoms with Gasteiger partial charge >= 0.3 is 0 Å². The fourth-order valence-corrected chi connectivity index (χ4v) is 3.59. The van der Waals surface area contributed by atoms with Gasteiger partial charge in [-0.25, -0.2) is 0 Å². The van der Waals surface area contributed by atoms with E-state index in [4.69, 9.17) is 0 Å². The van der Waals surface area contributed by atoms with Crippen LogP contribution in [-0.4, -0.2) is 28.1 Å². The number of amides is 2. The van der Waals surface area contributed by atoms with E-state index in [9.17, 15) is 9.59 Å². The monoisotopic (exact) mass is 324 g/mol. The second-order valence-electron chi connectivity index (χ2n) is 6.60. The number of anilines is 2. The van der Waals surface area contributed by atoms with E-state index in [-0.39, 0.29) is 24.2 Å². The van der Waals surface area contributed by atoms with Crippen molar-refractivity contribution in [3.63, 3.8) is 0 Å². The fourth-order valence-electron chi connectivity index (χ4n) is 3.59. The predicted octanol–water partition coefficient (Wildman–Crippen LogP) is 1.90. The summed E-state index contributed by atoms with van der Waals surface area (Å²) in [5.41, 5.74) is 4.29. The highest BCUT2D eigenvalue weighted by Crippen LogP contribution is 2.30. The summed E-state index contributed by atoms with van der Waals surface area (Å²) in [5, 5.41) is 6.87. The Bertz CT molecular complexity index is 811. The summed E-state index contributed by atoms with van der Waals surface area (Å²) in [6.07, 6.45) is 6.99. The number of benzene rings is 1. The first kappa shape index (κ1) is 14.9. The van der Waals surface area contributed by atoms with Crippen LogP contribution in [0, 0.1) is 5.92 Å². The number of nitrogens with one attached hydrogen (secondary N) is 1. The number of hydrogen-bond acceptors (Lipinski definition) is 3. The normalized spacial score (nSPS) is 19.6. The number of carbonyl (C=O) groups excluding carboxylic acids is 2. The van der Waals surface area contributed by atoms with Crippen LogP contribution in [0.4, 0.5) is 11.4 Å². The fraction of sp³-hybridized carbons (Fsp3) is 0.389. The Kier molecular flexibility index (Phi) is 3.59. The number of nitrogens with zero attached hydrogens (tertiary/aromatic N) is 3. The molecule has 24 heavy (non-hydrogen) atoms. The van der Waals surface area contributed by atoms with Gasteiger partial charge in [0.15, 0.2) is 0 Å². The molecule has 1 saturated heterocycles. The minimum atomic E-state index is -0.328. The molecule has 1 aromatic heterocycles. The van der Waals surface area contributed by atoms with E-state index < -0.39 is 0 Å². The first-order valence-electron chi connectivity index (χ1n) is 8.32. The van der Waals surface area contributed by atoms with Gasteiger partial charge in [-0.1, -0.05) is 6.07 Å². The molecule has 0 saturated carbocycles. The Hall–Kier alpha value is -2.63. The molecule has 2 amide bonds. The Balaban J connectivity index is 1.47. The molecule has 6 heteroatoms. The minimum Gasteiger partial charge on any atom is -0.323 e. The molecule has 1 aromatic carbocycles. The summed E-state index contributed by atoms with van der Waals surface area (Å²) < 4.78 is 1.63. The van der Waals surface area contributed by atoms with Gasteiger partial charge in [0.25, 0.3) is 0 Å². The van der Waals surface area contributed by atoms with Crippen LogP contribution in [0.1, 0.15) is 24.0 Å². The topological polar surface area (TPSA) is 67.2 Å². The zero-order chi connectivity index (χ0) is 16.7. The molecule has 1 N–H and O–H groups in total. The van der Waals surface area contributed by atoms with Gasteiger partial charge in [-0.2, -0.15) is 5.10 Å². The Morgan fingerprint density at radius 1 is 1.29 bits per heavy atom. The molecule has 0 spiro atoms. The van der Waals surface area contributed by atoms with E-state index in [1.54, 1.807) is 29.0 Å². The summed E-state index contributed by atoms with van der Waals surface area (Å²) in [6, 6.07) is 6.24. The lowest BCUT2D eigenvalue weighted by Gasteiger charge is -2.18. The molecule has 0 radical (unpaired) electrons. The van der Waals surface area contributed by atoms with Crippen LogP contribution in [0.3, 0.4) is 0 Å². The zero-order valence-electron chi connectivity index (χ0n) is 13.7. The van der Waals surface area contributed by atoms with Crippen LogP contribution >= 0.6 is 0 Å². The maximum absolute atomic E-state index is 12.4. The van der Waals surface area contributed by atoms with E-state index in [2.05, 4.69) is 22.5 Å². The van der Waals surface area contributed by atoms with Crippen LogP contribution in [0.2, 0.25) is 0 Å². The maximum Gasteiger partial charge on any atom is 0.229 e. The van der Waals surface area contributed by atoms with Gasteiger partial charge in [0.2, 0.25) is 11.8 Å². The predicted molar refractivity (Wildman–Crippen MR) is 90.8 cm³/mol. The Labute approximate surface area is 140 Å². The lowest BCUT2D eigenvalue weighted by atomic mass is 10.1. The van der Waals surface area contributed by atoms with Crippen molar-refractivity contribution in [1.82, 2.24) is 9.78 Å². The van der Waals surface area contributed by atoms with Gasteiger partial charge < -0.3 is 10.2 Å². The maximum atomic E-state index is 12.4. The van der Waals surface area contributed by atoms with Gasteiger partial charge in [0.1, 0.15) is 0 Å². The van der Waals surface area contributed by atoms with Gasteiger partial charge in [-0.3, -0.25) is 14.3 Å². The third kappa shape index (κ3) is 2.68. The van der Waals surface area contributed by atoms with Crippen molar-refractivity contribution in [1.29, 1.82) is 0 Å². The van der Waals surface area contributed by atoms with E-state index in [1.807, 2.05) is 6.07 Å². The van der Waals surface area contributed by atoms with Crippen molar-refractivity contribution in [2.75, 3.05) is 16.8 Å². The quantitative estimate of drug-likeness (QED) is 0.938. The van der Waals surface area contributed by atoms with Crippen molar-refractivity contribution in [3.05, 3.63) is 41.7 Å². The van der Waals surface area contributed by atoms with Crippen molar-refractivity contribution >= 4 is 23.2 Å². The number of fused-ring (bicyclic) bond motifs is 1. The molecule has 2 aromatic rings.